The molecule has 0 aliphatic rings. The zero-order valence-electron chi connectivity index (χ0n) is 17.7. The Morgan fingerprint density at radius 3 is 2.25 bits per heavy atom. The molecule has 0 saturated heterocycles. The minimum absolute atomic E-state index is 0.301. The fraction of sp³-hybridized carbons (Fsp3) is 0.125. The third kappa shape index (κ3) is 4.70. The van der Waals surface area contributed by atoms with Crippen molar-refractivity contribution < 1.29 is 19.0 Å². The number of benzene rings is 3. The molecule has 1 heterocycles. The highest BCUT2D eigenvalue weighted by atomic mass is 16.5. The number of hydrogen-bond acceptors (Lipinski definition) is 6. The number of amides is 1. The Morgan fingerprint density at radius 1 is 0.969 bits per heavy atom. The van der Waals surface area contributed by atoms with E-state index in [1.165, 1.54) is 20.5 Å². The van der Waals surface area contributed by atoms with E-state index in [0.29, 0.717) is 35.1 Å². The molecule has 162 valence electrons. The molecule has 4 rings (SSSR count). The quantitative estimate of drug-likeness (QED) is 0.453. The van der Waals surface area contributed by atoms with Gasteiger partial charge in [-0.2, -0.15) is 5.10 Å². The van der Waals surface area contributed by atoms with Crippen LogP contribution in [0.1, 0.15) is 15.9 Å². The zero-order chi connectivity index (χ0) is 22.3. The molecular formula is C24H22N4O4. The first-order chi connectivity index (χ1) is 15.7. The van der Waals surface area contributed by atoms with Crippen LogP contribution in [-0.4, -0.2) is 34.9 Å². The van der Waals surface area contributed by atoms with Crippen molar-refractivity contribution in [2.75, 3.05) is 19.5 Å². The van der Waals surface area contributed by atoms with E-state index in [0.717, 1.165) is 11.3 Å². The van der Waals surface area contributed by atoms with E-state index >= 15 is 0 Å². The summed E-state index contributed by atoms with van der Waals surface area (Å²) in [6.45, 7) is 0.344. The van der Waals surface area contributed by atoms with E-state index in [2.05, 4.69) is 15.4 Å². The predicted octanol–water partition coefficient (Wildman–Crippen LogP) is 4.12. The van der Waals surface area contributed by atoms with Crippen LogP contribution in [0, 0.1) is 0 Å². The number of rotatable bonds is 8. The number of methoxy groups -OCH3 is 2. The van der Waals surface area contributed by atoms with Crippen molar-refractivity contribution in [1.29, 1.82) is 0 Å². The Morgan fingerprint density at radius 2 is 1.66 bits per heavy atom. The van der Waals surface area contributed by atoms with Gasteiger partial charge in [-0.05, 0) is 42.0 Å². The van der Waals surface area contributed by atoms with Crippen molar-refractivity contribution >= 4 is 11.6 Å². The van der Waals surface area contributed by atoms with Crippen LogP contribution in [0.3, 0.4) is 0 Å². The van der Waals surface area contributed by atoms with Crippen molar-refractivity contribution in [3.05, 3.63) is 90.5 Å². The van der Waals surface area contributed by atoms with E-state index in [-0.39, 0.29) is 5.91 Å². The van der Waals surface area contributed by atoms with Crippen LogP contribution in [0.4, 0.5) is 5.69 Å². The molecule has 0 fully saturated rings. The van der Waals surface area contributed by atoms with Crippen LogP contribution in [-0.2, 0) is 6.61 Å². The molecule has 1 N–H and O–H groups in total. The molecule has 4 aromatic rings. The molecule has 0 atom stereocenters. The van der Waals surface area contributed by atoms with Crippen LogP contribution in [0.5, 0.6) is 17.2 Å². The van der Waals surface area contributed by atoms with Gasteiger partial charge in [0.1, 0.15) is 19.3 Å². The monoisotopic (exact) mass is 430 g/mol. The lowest BCUT2D eigenvalue weighted by molar-refractivity contribution is 0.102. The van der Waals surface area contributed by atoms with Gasteiger partial charge in [0.05, 0.1) is 19.9 Å². The summed E-state index contributed by atoms with van der Waals surface area (Å²) in [6, 6.07) is 20.3. The smallest absolute Gasteiger partial charge is 0.255 e. The van der Waals surface area contributed by atoms with Crippen LogP contribution in [0.15, 0.2) is 79.4 Å². The van der Waals surface area contributed by atoms with Crippen molar-refractivity contribution in [2.24, 2.45) is 0 Å². The highest BCUT2D eigenvalue weighted by Crippen LogP contribution is 2.39. The van der Waals surface area contributed by atoms with Gasteiger partial charge in [-0.1, -0.05) is 30.3 Å². The molecule has 0 radical (unpaired) electrons. The topological polar surface area (TPSA) is 87.5 Å². The van der Waals surface area contributed by atoms with Crippen LogP contribution in [0.2, 0.25) is 0 Å². The van der Waals surface area contributed by atoms with Gasteiger partial charge in [-0.15, -0.1) is 0 Å². The second kappa shape index (κ2) is 9.65. The lowest BCUT2D eigenvalue weighted by atomic mass is 10.1. The Balaban J connectivity index is 1.51. The summed E-state index contributed by atoms with van der Waals surface area (Å²) in [4.78, 5) is 16.8. The molecule has 0 bridgehead atoms. The fourth-order valence-electron chi connectivity index (χ4n) is 3.13. The molecule has 8 nitrogen and oxygen atoms in total. The lowest BCUT2D eigenvalue weighted by Crippen LogP contribution is -2.13. The summed E-state index contributed by atoms with van der Waals surface area (Å²) in [6.07, 6.45) is 3.07. The molecule has 1 aromatic heterocycles. The maximum Gasteiger partial charge on any atom is 0.255 e. The van der Waals surface area contributed by atoms with E-state index in [9.17, 15) is 4.79 Å². The van der Waals surface area contributed by atoms with Gasteiger partial charge in [-0.3, -0.25) is 4.79 Å². The van der Waals surface area contributed by atoms with Crippen LogP contribution in [0.25, 0.3) is 5.69 Å². The summed E-state index contributed by atoms with van der Waals surface area (Å²) in [7, 11) is 3.05. The minimum atomic E-state index is -0.301. The molecular weight excluding hydrogens is 408 g/mol. The van der Waals surface area contributed by atoms with Gasteiger partial charge in [0, 0.05) is 11.3 Å². The molecule has 0 spiro atoms. The molecule has 0 aliphatic heterocycles. The van der Waals surface area contributed by atoms with Gasteiger partial charge < -0.3 is 19.5 Å². The summed E-state index contributed by atoms with van der Waals surface area (Å²) < 4.78 is 18.5. The maximum absolute atomic E-state index is 12.9. The SMILES string of the molecule is COc1cc(C(=O)Nc2ccc(-n3cncn3)cc2)cc(OC)c1OCc1ccccc1. The van der Waals surface area contributed by atoms with Crippen LogP contribution < -0.4 is 19.5 Å². The summed E-state index contributed by atoms with van der Waals surface area (Å²) in [5.41, 5.74) is 2.86. The second-order valence-electron chi connectivity index (χ2n) is 6.83. The number of carbonyl (C=O) groups excluding carboxylic acids is 1. The van der Waals surface area contributed by atoms with E-state index in [1.54, 1.807) is 35.3 Å². The number of nitrogens with zero attached hydrogens (tertiary/aromatic N) is 3. The third-order valence-corrected chi connectivity index (χ3v) is 4.76. The molecule has 8 heteroatoms. The van der Waals surface area contributed by atoms with Crippen molar-refractivity contribution in [3.63, 3.8) is 0 Å². The Hall–Kier alpha value is -4.33. The van der Waals surface area contributed by atoms with Gasteiger partial charge in [0.2, 0.25) is 5.75 Å². The van der Waals surface area contributed by atoms with E-state index < -0.39 is 0 Å². The highest BCUT2D eigenvalue weighted by Gasteiger charge is 2.18. The van der Waals surface area contributed by atoms with E-state index in [4.69, 9.17) is 14.2 Å². The Labute approximate surface area is 185 Å². The molecule has 32 heavy (non-hydrogen) atoms. The largest absolute Gasteiger partial charge is 0.493 e. The lowest BCUT2D eigenvalue weighted by Gasteiger charge is -2.16. The van der Waals surface area contributed by atoms with Crippen molar-refractivity contribution in [3.8, 4) is 22.9 Å². The number of aromatic nitrogens is 3. The third-order valence-electron chi connectivity index (χ3n) is 4.76. The standard InChI is InChI=1S/C24H22N4O4/c1-30-21-12-18(13-22(31-2)23(21)32-14-17-6-4-3-5-7-17)24(29)27-19-8-10-20(11-9-19)28-16-25-15-26-28/h3-13,15-16H,14H2,1-2H3,(H,27,29). The molecule has 1 amide bonds. The summed E-state index contributed by atoms with van der Waals surface area (Å²) in [5, 5.41) is 6.96. The normalized spacial score (nSPS) is 10.4. The van der Waals surface area contributed by atoms with Crippen molar-refractivity contribution in [2.45, 2.75) is 6.61 Å². The number of nitrogens with one attached hydrogen (secondary N) is 1. The summed E-state index contributed by atoms with van der Waals surface area (Å²) in [5.74, 6) is 0.955. The Kier molecular flexibility index (Phi) is 6.31. The minimum Gasteiger partial charge on any atom is -0.493 e. The number of ether oxygens (including phenoxy) is 3. The molecule has 0 saturated carbocycles. The van der Waals surface area contributed by atoms with Crippen molar-refractivity contribution in [1.82, 2.24) is 14.8 Å². The maximum atomic E-state index is 12.9. The predicted molar refractivity (Wildman–Crippen MR) is 120 cm³/mol. The van der Waals surface area contributed by atoms with Gasteiger partial charge in [0.15, 0.2) is 11.5 Å². The highest BCUT2D eigenvalue weighted by molar-refractivity contribution is 6.05. The zero-order valence-corrected chi connectivity index (χ0v) is 17.7. The first kappa shape index (κ1) is 20.9. The fourth-order valence-corrected chi connectivity index (χ4v) is 3.13. The molecule has 0 aliphatic carbocycles. The number of anilines is 1. The summed E-state index contributed by atoms with van der Waals surface area (Å²) >= 11 is 0. The first-order valence-electron chi connectivity index (χ1n) is 9.87. The number of hydrogen-bond donors (Lipinski definition) is 1. The van der Waals surface area contributed by atoms with Gasteiger partial charge in [0.25, 0.3) is 5.91 Å². The van der Waals surface area contributed by atoms with E-state index in [1.807, 2.05) is 42.5 Å². The average molecular weight is 430 g/mol. The van der Waals surface area contributed by atoms with Crippen LogP contribution >= 0.6 is 0 Å². The second-order valence-corrected chi connectivity index (χ2v) is 6.83. The van der Waals surface area contributed by atoms with Gasteiger partial charge >= 0.3 is 0 Å². The first-order valence-corrected chi connectivity index (χ1v) is 9.87. The van der Waals surface area contributed by atoms with Gasteiger partial charge in [-0.25, -0.2) is 9.67 Å². The Bertz CT molecular complexity index is 1150. The molecule has 0 unspecified atom stereocenters. The average Bonchev–Trinajstić information content (AvgIpc) is 3.38. The molecule has 3 aromatic carbocycles. The number of carbonyl (C=O) groups is 1.